The number of aromatic nitrogens is 2. The van der Waals surface area contributed by atoms with Gasteiger partial charge in [0.05, 0.1) is 17.7 Å². The van der Waals surface area contributed by atoms with Crippen molar-refractivity contribution in [2.24, 2.45) is 0 Å². The fraction of sp³-hybridized carbons (Fsp3) is 0.357. The van der Waals surface area contributed by atoms with Crippen molar-refractivity contribution in [1.82, 2.24) is 15.3 Å². The van der Waals surface area contributed by atoms with E-state index in [0.29, 0.717) is 24.4 Å². The predicted octanol–water partition coefficient (Wildman–Crippen LogP) is 2.32. The van der Waals surface area contributed by atoms with Crippen LogP contribution in [0.3, 0.4) is 0 Å². The largest absolute Gasteiger partial charge is 0.481 e. The smallest absolute Gasteiger partial charge is 0.404 e. The van der Waals surface area contributed by atoms with Crippen LogP contribution in [0.2, 0.25) is 0 Å². The van der Waals surface area contributed by atoms with Gasteiger partial charge in [0.1, 0.15) is 0 Å². The van der Waals surface area contributed by atoms with Crippen LogP contribution >= 0.6 is 11.3 Å². The highest BCUT2D eigenvalue weighted by Crippen LogP contribution is 2.34. The zero-order valence-electron chi connectivity index (χ0n) is 13.2. The quantitative estimate of drug-likeness (QED) is 0.542. The molecule has 132 valence electrons. The Bertz CT molecular complexity index is 824. The van der Waals surface area contributed by atoms with E-state index in [1.54, 1.807) is 0 Å². The van der Waals surface area contributed by atoms with E-state index < -0.39 is 11.0 Å². The summed E-state index contributed by atoms with van der Waals surface area (Å²) in [6.45, 7) is 0. The number of hydrogen-bond acceptors (Lipinski definition) is 8. The highest BCUT2D eigenvalue weighted by molar-refractivity contribution is 7.15. The molecule has 25 heavy (non-hydrogen) atoms. The van der Waals surface area contributed by atoms with Gasteiger partial charge in [-0.25, -0.2) is 9.78 Å². The first-order valence-electron chi connectivity index (χ1n) is 7.40. The molecule has 11 heteroatoms. The summed E-state index contributed by atoms with van der Waals surface area (Å²) in [5.41, 5.74) is 0.695. The number of ether oxygens (including phenoxy) is 1. The van der Waals surface area contributed by atoms with Crippen molar-refractivity contribution in [3.63, 3.8) is 0 Å². The number of fused-ring (bicyclic) bond motifs is 1. The Balaban J connectivity index is 1.82. The number of carboxylic acid groups (broad SMARTS) is 1. The molecule has 0 spiro atoms. The molecule has 2 aromatic heterocycles. The second-order valence-electron chi connectivity index (χ2n) is 5.38. The molecule has 2 heterocycles. The SMILES string of the molecule is COc1ccc([N+](=O)[O-])c(Nc2nc3c(s2)CC(NC(=O)O)CC3)n1. The molecule has 0 radical (unpaired) electrons. The predicted molar refractivity (Wildman–Crippen MR) is 89.8 cm³/mol. The van der Waals surface area contributed by atoms with E-state index in [4.69, 9.17) is 9.84 Å². The van der Waals surface area contributed by atoms with Gasteiger partial charge < -0.3 is 20.5 Å². The molecule has 0 saturated heterocycles. The summed E-state index contributed by atoms with van der Waals surface area (Å²) in [5, 5.41) is 25.8. The highest BCUT2D eigenvalue weighted by Gasteiger charge is 2.25. The average Bonchev–Trinajstić information content (AvgIpc) is 2.95. The number of anilines is 2. The van der Waals surface area contributed by atoms with E-state index in [-0.39, 0.29) is 23.4 Å². The van der Waals surface area contributed by atoms with Gasteiger partial charge in [0.25, 0.3) is 0 Å². The molecule has 3 rings (SSSR count). The average molecular weight is 365 g/mol. The van der Waals surface area contributed by atoms with E-state index >= 15 is 0 Å². The van der Waals surface area contributed by atoms with Crippen LogP contribution in [0.4, 0.5) is 21.4 Å². The summed E-state index contributed by atoms with van der Waals surface area (Å²) in [6.07, 6.45) is 0.813. The van der Waals surface area contributed by atoms with Gasteiger partial charge in [-0.15, -0.1) is 11.3 Å². The van der Waals surface area contributed by atoms with E-state index in [1.807, 2.05) is 0 Å². The molecule has 1 atom stereocenters. The Morgan fingerprint density at radius 3 is 2.96 bits per heavy atom. The molecule has 1 amide bonds. The number of nitro groups is 1. The Kier molecular flexibility index (Phi) is 4.65. The number of amides is 1. The Morgan fingerprint density at radius 1 is 1.48 bits per heavy atom. The van der Waals surface area contributed by atoms with Crippen LogP contribution < -0.4 is 15.4 Å². The minimum absolute atomic E-state index is 0.0515. The Morgan fingerprint density at radius 2 is 2.28 bits per heavy atom. The van der Waals surface area contributed by atoms with Crippen LogP contribution in [0, 0.1) is 10.1 Å². The summed E-state index contributed by atoms with van der Waals surface area (Å²) in [7, 11) is 1.43. The molecule has 0 fully saturated rings. The van der Waals surface area contributed by atoms with Crippen molar-refractivity contribution in [3.8, 4) is 5.88 Å². The molecule has 1 aliphatic carbocycles. The van der Waals surface area contributed by atoms with Crippen molar-refractivity contribution in [2.75, 3.05) is 12.4 Å². The Labute approximate surface area is 146 Å². The number of hydrogen-bond donors (Lipinski definition) is 3. The summed E-state index contributed by atoms with van der Waals surface area (Å²) in [5.74, 6) is 0.302. The fourth-order valence-electron chi connectivity index (χ4n) is 2.61. The first-order valence-corrected chi connectivity index (χ1v) is 8.22. The van der Waals surface area contributed by atoms with Gasteiger partial charge in [-0.05, 0) is 12.8 Å². The number of thiazole rings is 1. The Hall–Kier alpha value is -2.95. The van der Waals surface area contributed by atoms with E-state index in [9.17, 15) is 14.9 Å². The van der Waals surface area contributed by atoms with Crippen LogP contribution in [0.1, 0.15) is 17.0 Å². The number of nitrogens with zero attached hydrogens (tertiary/aromatic N) is 3. The molecule has 10 nitrogen and oxygen atoms in total. The lowest BCUT2D eigenvalue weighted by atomic mass is 9.98. The highest BCUT2D eigenvalue weighted by atomic mass is 32.1. The summed E-state index contributed by atoms with van der Waals surface area (Å²) in [6, 6.07) is 2.58. The van der Waals surface area contributed by atoms with Gasteiger partial charge in [-0.3, -0.25) is 10.1 Å². The third-order valence-electron chi connectivity index (χ3n) is 3.75. The fourth-order valence-corrected chi connectivity index (χ4v) is 3.70. The summed E-state index contributed by atoms with van der Waals surface area (Å²) < 4.78 is 5.01. The molecule has 2 aromatic rings. The first kappa shape index (κ1) is 16.9. The van der Waals surface area contributed by atoms with Crippen molar-refractivity contribution in [3.05, 3.63) is 32.8 Å². The molecule has 0 bridgehead atoms. The molecule has 0 aliphatic heterocycles. The van der Waals surface area contributed by atoms with E-state index in [0.717, 1.165) is 10.6 Å². The maximum absolute atomic E-state index is 11.2. The maximum atomic E-state index is 11.2. The third kappa shape index (κ3) is 3.76. The molecular weight excluding hydrogens is 350 g/mol. The van der Waals surface area contributed by atoms with Crippen LogP contribution in [-0.4, -0.2) is 39.2 Å². The number of aryl methyl sites for hydroxylation is 1. The third-order valence-corrected chi connectivity index (χ3v) is 4.78. The first-order chi connectivity index (χ1) is 12.0. The molecule has 1 aliphatic rings. The summed E-state index contributed by atoms with van der Waals surface area (Å²) >= 11 is 1.34. The van der Waals surface area contributed by atoms with Gasteiger partial charge in [-0.2, -0.15) is 4.98 Å². The van der Waals surface area contributed by atoms with Gasteiger partial charge >= 0.3 is 11.8 Å². The normalized spacial score (nSPS) is 16.0. The summed E-state index contributed by atoms with van der Waals surface area (Å²) in [4.78, 5) is 30.9. The topological polar surface area (TPSA) is 140 Å². The standard InChI is InChI=1S/C14H15N5O5S/c1-24-11-5-4-9(19(22)23)12(17-11)18-13-16-8-3-2-7(15-14(20)21)6-10(8)25-13/h4-5,7,15H,2-3,6H2,1H3,(H,20,21)(H,16,17,18). The van der Waals surface area contributed by atoms with Gasteiger partial charge in [0.2, 0.25) is 11.7 Å². The van der Waals surface area contributed by atoms with Crippen LogP contribution in [0.5, 0.6) is 5.88 Å². The van der Waals surface area contributed by atoms with Gasteiger partial charge in [0, 0.05) is 29.5 Å². The second-order valence-corrected chi connectivity index (χ2v) is 6.47. The number of methoxy groups -OCH3 is 1. The minimum atomic E-state index is -1.05. The van der Waals surface area contributed by atoms with Crippen molar-refractivity contribution in [1.29, 1.82) is 0 Å². The monoisotopic (exact) mass is 365 g/mol. The molecule has 3 N–H and O–H groups in total. The van der Waals surface area contributed by atoms with Crippen LogP contribution in [0.15, 0.2) is 12.1 Å². The lowest BCUT2D eigenvalue weighted by molar-refractivity contribution is -0.384. The van der Waals surface area contributed by atoms with Crippen molar-refractivity contribution >= 4 is 34.1 Å². The molecular formula is C14H15N5O5S. The lowest BCUT2D eigenvalue weighted by Crippen LogP contribution is -2.37. The second kappa shape index (κ2) is 6.89. The van der Waals surface area contributed by atoms with E-state index in [1.165, 1.54) is 30.6 Å². The lowest BCUT2D eigenvalue weighted by Gasteiger charge is -2.20. The zero-order chi connectivity index (χ0) is 18.0. The number of nitrogens with one attached hydrogen (secondary N) is 2. The zero-order valence-corrected chi connectivity index (χ0v) is 14.0. The van der Waals surface area contributed by atoms with Crippen molar-refractivity contribution in [2.45, 2.75) is 25.3 Å². The van der Waals surface area contributed by atoms with E-state index in [2.05, 4.69) is 20.6 Å². The van der Waals surface area contributed by atoms with Gasteiger partial charge in [-0.1, -0.05) is 0 Å². The number of rotatable bonds is 5. The van der Waals surface area contributed by atoms with Gasteiger partial charge in [0.15, 0.2) is 5.13 Å². The number of pyridine rings is 1. The molecule has 1 unspecified atom stereocenters. The van der Waals surface area contributed by atoms with Crippen LogP contribution in [0.25, 0.3) is 0 Å². The van der Waals surface area contributed by atoms with Crippen LogP contribution in [-0.2, 0) is 12.8 Å². The van der Waals surface area contributed by atoms with Crippen molar-refractivity contribution < 1.29 is 19.6 Å². The minimum Gasteiger partial charge on any atom is -0.481 e. The number of carbonyl (C=O) groups is 1. The molecule has 0 saturated carbocycles. The molecule has 0 aromatic carbocycles. The maximum Gasteiger partial charge on any atom is 0.404 e.